The molecule has 0 saturated carbocycles. The van der Waals surface area contributed by atoms with Crippen LogP contribution in [0.1, 0.15) is 414 Å². The van der Waals surface area contributed by atoms with Gasteiger partial charge in [-0.2, -0.15) is 0 Å². The molecule has 0 heterocycles. The first-order valence-corrected chi connectivity index (χ1v) is 44.0. The van der Waals surface area contributed by atoms with Gasteiger partial charge < -0.3 is 33.8 Å². The van der Waals surface area contributed by atoms with Crippen LogP contribution in [-0.2, 0) is 65.4 Å². The molecule has 0 aromatic rings. The summed E-state index contributed by atoms with van der Waals surface area (Å²) in [6.07, 6.45) is 59.8. The highest BCUT2D eigenvalue weighted by molar-refractivity contribution is 7.47. The second-order valence-corrected chi connectivity index (χ2v) is 32.3. The van der Waals surface area contributed by atoms with Crippen molar-refractivity contribution in [2.75, 3.05) is 39.6 Å². The van der Waals surface area contributed by atoms with Gasteiger partial charge in [0.05, 0.1) is 26.4 Å². The molecule has 0 radical (unpaired) electrons. The number of hydrogen-bond acceptors (Lipinski definition) is 15. The molecular formula is C79H154O17P2. The lowest BCUT2D eigenvalue weighted by atomic mass is 10.0. The fraction of sp³-hybridized carbons (Fsp3) is 0.949. The first-order chi connectivity index (χ1) is 47.4. The minimum atomic E-state index is -4.96. The Morgan fingerprint density at radius 1 is 0.276 bits per heavy atom. The maximum absolute atomic E-state index is 13.1. The van der Waals surface area contributed by atoms with Crippen LogP contribution in [0.2, 0.25) is 0 Å². The lowest BCUT2D eigenvalue weighted by Gasteiger charge is -2.21. The Bertz CT molecular complexity index is 1890. The Kier molecular flexibility index (Phi) is 69.3. The van der Waals surface area contributed by atoms with E-state index in [4.69, 9.17) is 37.0 Å². The number of carbonyl (C=O) groups excluding carboxylic acids is 4. The summed E-state index contributed by atoms with van der Waals surface area (Å²) >= 11 is 0. The molecule has 19 heteroatoms. The van der Waals surface area contributed by atoms with Crippen LogP contribution in [0.15, 0.2) is 0 Å². The second kappa shape index (κ2) is 70.7. The largest absolute Gasteiger partial charge is 0.472 e. The summed E-state index contributed by atoms with van der Waals surface area (Å²) in [5, 5.41) is 10.6. The van der Waals surface area contributed by atoms with Crippen molar-refractivity contribution < 1.29 is 80.2 Å². The summed E-state index contributed by atoms with van der Waals surface area (Å²) in [4.78, 5) is 72.8. The van der Waals surface area contributed by atoms with E-state index in [1.165, 1.54) is 218 Å². The number of rotatable bonds is 78. The number of aliphatic hydroxyl groups excluding tert-OH is 1. The van der Waals surface area contributed by atoms with Crippen molar-refractivity contribution in [1.29, 1.82) is 0 Å². The molecule has 0 aliphatic rings. The topological polar surface area (TPSA) is 237 Å². The van der Waals surface area contributed by atoms with Crippen LogP contribution in [0.4, 0.5) is 0 Å². The predicted molar refractivity (Wildman–Crippen MR) is 400 cm³/mol. The molecule has 98 heavy (non-hydrogen) atoms. The Hall–Kier alpha value is -1.94. The Morgan fingerprint density at radius 2 is 0.469 bits per heavy atom. The van der Waals surface area contributed by atoms with E-state index < -0.39 is 97.5 Å². The van der Waals surface area contributed by atoms with E-state index in [-0.39, 0.29) is 25.7 Å². The average Bonchev–Trinajstić information content (AvgIpc) is 1.07. The zero-order valence-electron chi connectivity index (χ0n) is 64.1. The van der Waals surface area contributed by atoms with Crippen LogP contribution < -0.4 is 0 Å². The molecule has 0 fully saturated rings. The molecule has 17 nitrogen and oxygen atoms in total. The molecule has 0 aliphatic carbocycles. The zero-order valence-corrected chi connectivity index (χ0v) is 65.9. The van der Waals surface area contributed by atoms with Crippen molar-refractivity contribution in [3.05, 3.63) is 0 Å². The number of phosphoric acid groups is 2. The number of phosphoric ester groups is 2. The van der Waals surface area contributed by atoms with Crippen LogP contribution in [-0.4, -0.2) is 96.7 Å². The van der Waals surface area contributed by atoms with Gasteiger partial charge in [-0.15, -0.1) is 0 Å². The van der Waals surface area contributed by atoms with Gasteiger partial charge in [-0.3, -0.25) is 37.3 Å². The molecule has 0 aromatic heterocycles. The summed E-state index contributed by atoms with van der Waals surface area (Å²) in [6.45, 7) is 9.61. The highest BCUT2D eigenvalue weighted by Gasteiger charge is 2.30. The molecule has 0 amide bonds. The monoisotopic (exact) mass is 1440 g/mol. The van der Waals surface area contributed by atoms with Gasteiger partial charge >= 0.3 is 39.5 Å². The maximum Gasteiger partial charge on any atom is 0.472 e. The summed E-state index contributed by atoms with van der Waals surface area (Å²) < 4.78 is 68.5. The van der Waals surface area contributed by atoms with Crippen molar-refractivity contribution in [3.63, 3.8) is 0 Å². The first kappa shape index (κ1) is 96.1. The van der Waals surface area contributed by atoms with Gasteiger partial charge in [-0.25, -0.2) is 9.13 Å². The SMILES string of the molecule is CCCCCCCCCCCCCCCCCCCCCC(=O)O[C@H](COC(=O)CCCCCCCCCCCCCCCCC(C)C)COP(=O)(O)OC[C@@H](O)COP(=O)(O)OC[C@@H](COC(=O)CCCCCCCCC)OC(=O)CCCCCCCCCCCCCCC(C)C. The summed E-state index contributed by atoms with van der Waals surface area (Å²) in [5.74, 6) is -0.539. The smallest absolute Gasteiger partial charge is 0.462 e. The van der Waals surface area contributed by atoms with Crippen LogP contribution in [0.25, 0.3) is 0 Å². The normalized spacial score (nSPS) is 13.9. The van der Waals surface area contributed by atoms with Crippen molar-refractivity contribution in [1.82, 2.24) is 0 Å². The summed E-state index contributed by atoms with van der Waals surface area (Å²) in [7, 11) is -9.91. The Labute approximate surface area is 600 Å². The van der Waals surface area contributed by atoms with Gasteiger partial charge in [0.2, 0.25) is 0 Å². The van der Waals surface area contributed by atoms with Crippen molar-refractivity contribution in [2.45, 2.75) is 432 Å². The predicted octanol–water partition coefficient (Wildman–Crippen LogP) is 23.5. The molecule has 3 N–H and O–H groups in total. The molecule has 0 spiro atoms. The van der Waals surface area contributed by atoms with Gasteiger partial charge in [0.1, 0.15) is 19.3 Å². The molecule has 0 aliphatic heterocycles. The third-order valence-corrected chi connectivity index (χ3v) is 20.4. The quantitative estimate of drug-likeness (QED) is 0.0222. The summed E-state index contributed by atoms with van der Waals surface area (Å²) in [6, 6.07) is 0. The van der Waals surface area contributed by atoms with E-state index in [2.05, 4.69) is 41.5 Å². The van der Waals surface area contributed by atoms with Gasteiger partial charge in [0.25, 0.3) is 0 Å². The Morgan fingerprint density at radius 3 is 0.694 bits per heavy atom. The number of ether oxygens (including phenoxy) is 4. The number of unbranched alkanes of at least 4 members (excludes halogenated alkanes) is 48. The average molecular weight is 1440 g/mol. The lowest BCUT2D eigenvalue weighted by Crippen LogP contribution is -2.30. The van der Waals surface area contributed by atoms with Crippen molar-refractivity contribution >= 4 is 39.5 Å². The third kappa shape index (κ3) is 72.4. The minimum absolute atomic E-state index is 0.107. The molecule has 5 atom stereocenters. The number of aliphatic hydroxyl groups is 1. The van der Waals surface area contributed by atoms with Gasteiger partial charge in [0.15, 0.2) is 12.2 Å². The van der Waals surface area contributed by atoms with Gasteiger partial charge in [0, 0.05) is 25.7 Å². The highest BCUT2D eigenvalue weighted by Crippen LogP contribution is 2.45. The van der Waals surface area contributed by atoms with E-state index in [1.54, 1.807) is 0 Å². The molecule has 0 saturated heterocycles. The standard InChI is InChI=1S/C79H154O17P2/c1-7-9-11-13-15-16-17-18-19-20-21-22-23-28-34-39-45-51-57-63-79(84)96-75(68-90-77(82)62-56-50-44-38-33-27-25-24-26-31-36-42-47-53-59-71(3)4)70-94-98(87,88)92-66-73(80)65-91-97(85,86)93-69-74(67-89-76(81)61-55-49-41-14-12-10-8-2)95-78(83)64-58-52-46-40-35-30-29-32-37-43-48-54-60-72(5)6/h71-75,80H,7-70H2,1-6H3,(H,85,86)(H,87,88)/t73-,74+,75+/m0/s1. The second-order valence-electron chi connectivity index (χ2n) is 29.4. The maximum atomic E-state index is 13.1. The molecule has 2 unspecified atom stereocenters. The zero-order chi connectivity index (χ0) is 72.1. The first-order valence-electron chi connectivity index (χ1n) is 41.0. The van der Waals surface area contributed by atoms with E-state index in [0.717, 1.165) is 115 Å². The number of esters is 4. The van der Waals surface area contributed by atoms with Crippen LogP contribution in [0.3, 0.4) is 0 Å². The summed E-state index contributed by atoms with van der Waals surface area (Å²) in [5.41, 5.74) is 0. The lowest BCUT2D eigenvalue weighted by molar-refractivity contribution is -0.161. The van der Waals surface area contributed by atoms with E-state index >= 15 is 0 Å². The van der Waals surface area contributed by atoms with Crippen LogP contribution >= 0.6 is 15.6 Å². The number of carbonyl (C=O) groups is 4. The molecule has 582 valence electrons. The fourth-order valence-electron chi connectivity index (χ4n) is 12.2. The van der Waals surface area contributed by atoms with Gasteiger partial charge in [-0.1, -0.05) is 363 Å². The van der Waals surface area contributed by atoms with E-state index in [0.29, 0.717) is 25.7 Å². The molecule has 0 rings (SSSR count). The van der Waals surface area contributed by atoms with Crippen LogP contribution in [0.5, 0.6) is 0 Å². The van der Waals surface area contributed by atoms with Crippen LogP contribution in [0, 0.1) is 11.8 Å². The molecular weight excluding hydrogens is 1280 g/mol. The van der Waals surface area contributed by atoms with E-state index in [1.807, 2.05) is 0 Å². The highest BCUT2D eigenvalue weighted by atomic mass is 31.2. The third-order valence-electron chi connectivity index (χ3n) is 18.5. The molecule has 0 aromatic carbocycles. The molecule has 0 bridgehead atoms. The van der Waals surface area contributed by atoms with Gasteiger partial charge in [-0.05, 0) is 37.5 Å². The van der Waals surface area contributed by atoms with Crippen molar-refractivity contribution in [3.8, 4) is 0 Å². The minimum Gasteiger partial charge on any atom is -0.462 e. The van der Waals surface area contributed by atoms with Crippen molar-refractivity contribution in [2.24, 2.45) is 11.8 Å². The Balaban J connectivity index is 5.19. The van der Waals surface area contributed by atoms with E-state index in [9.17, 15) is 43.2 Å². The number of hydrogen-bond donors (Lipinski definition) is 3. The fourth-order valence-corrected chi connectivity index (χ4v) is 13.8.